The van der Waals surface area contributed by atoms with Crippen LogP contribution in [0, 0.1) is 12.7 Å². The fourth-order valence-electron chi connectivity index (χ4n) is 2.84. The molecular formula is C24H21FN2O4S. The van der Waals surface area contributed by atoms with Crippen LogP contribution in [0.1, 0.15) is 33.2 Å². The van der Waals surface area contributed by atoms with Gasteiger partial charge in [-0.3, -0.25) is 9.59 Å². The third-order valence-electron chi connectivity index (χ3n) is 4.66. The Labute approximate surface area is 188 Å². The highest BCUT2D eigenvalue weighted by molar-refractivity contribution is 8.00. The van der Waals surface area contributed by atoms with Crippen molar-refractivity contribution in [2.24, 2.45) is 0 Å². The van der Waals surface area contributed by atoms with Crippen LogP contribution < -0.4 is 10.6 Å². The van der Waals surface area contributed by atoms with Gasteiger partial charge in [0, 0.05) is 16.3 Å². The molecule has 0 heterocycles. The van der Waals surface area contributed by atoms with Crippen molar-refractivity contribution in [3.63, 3.8) is 0 Å². The molecule has 0 aliphatic rings. The largest absolute Gasteiger partial charge is 0.478 e. The van der Waals surface area contributed by atoms with E-state index in [1.54, 1.807) is 50.2 Å². The highest BCUT2D eigenvalue weighted by Crippen LogP contribution is 2.26. The zero-order chi connectivity index (χ0) is 23.3. The summed E-state index contributed by atoms with van der Waals surface area (Å²) in [5, 5.41) is 14.1. The lowest BCUT2D eigenvalue weighted by Crippen LogP contribution is -2.23. The van der Waals surface area contributed by atoms with Crippen LogP contribution in [-0.2, 0) is 4.79 Å². The molecule has 0 saturated heterocycles. The molecule has 8 heteroatoms. The Bertz CT molecular complexity index is 1160. The summed E-state index contributed by atoms with van der Waals surface area (Å²) in [6.45, 7) is 3.53. The van der Waals surface area contributed by atoms with E-state index in [0.29, 0.717) is 11.4 Å². The lowest BCUT2D eigenvalue weighted by Gasteiger charge is -2.14. The lowest BCUT2D eigenvalue weighted by molar-refractivity contribution is -0.115. The van der Waals surface area contributed by atoms with Crippen molar-refractivity contribution in [2.45, 2.75) is 24.0 Å². The molecule has 0 spiro atoms. The average molecular weight is 453 g/mol. The number of thioether (sulfide) groups is 1. The number of halogens is 1. The molecule has 3 aromatic rings. The number of anilines is 2. The van der Waals surface area contributed by atoms with E-state index in [9.17, 15) is 18.8 Å². The summed E-state index contributed by atoms with van der Waals surface area (Å²) in [5.41, 5.74) is 1.77. The number of benzene rings is 3. The fourth-order valence-corrected chi connectivity index (χ4v) is 3.71. The third-order valence-corrected chi connectivity index (χ3v) is 5.77. The van der Waals surface area contributed by atoms with E-state index < -0.39 is 22.9 Å². The molecule has 0 aliphatic heterocycles. The van der Waals surface area contributed by atoms with Crippen LogP contribution in [0.4, 0.5) is 15.8 Å². The first-order valence-corrected chi connectivity index (χ1v) is 10.6. The Kier molecular flexibility index (Phi) is 7.27. The van der Waals surface area contributed by atoms with Crippen molar-refractivity contribution in [1.29, 1.82) is 0 Å². The van der Waals surface area contributed by atoms with Crippen molar-refractivity contribution < 1.29 is 23.9 Å². The molecule has 0 aliphatic carbocycles. The minimum absolute atomic E-state index is 0.0431. The van der Waals surface area contributed by atoms with Crippen LogP contribution in [-0.4, -0.2) is 28.1 Å². The van der Waals surface area contributed by atoms with Crippen LogP contribution >= 0.6 is 11.8 Å². The van der Waals surface area contributed by atoms with Gasteiger partial charge in [0.05, 0.1) is 16.4 Å². The fraction of sp³-hybridized carbons (Fsp3) is 0.125. The van der Waals surface area contributed by atoms with Gasteiger partial charge in [-0.1, -0.05) is 18.2 Å². The predicted octanol–water partition coefficient (Wildman–Crippen LogP) is 5.20. The number of carbonyl (C=O) groups excluding carboxylic acids is 2. The standard InChI is InChI=1S/C24H21FN2O4S/c1-14-7-8-16(24(30)31)13-21(14)27-22(28)15(2)32-18-11-9-17(10-12-18)26-23(29)19-5-3-4-6-20(19)25/h3-13,15H,1-2H3,(H,26,29)(H,27,28)(H,30,31). The molecule has 0 fully saturated rings. The van der Waals surface area contributed by atoms with E-state index in [1.807, 2.05) is 0 Å². The van der Waals surface area contributed by atoms with Gasteiger partial charge in [0.15, 0.2) is 0 Å². The van der Waals surface area contributed by atoms with Crippen molar-refractivity contribution in [2.75, 3.05) is 10.6 Å². The van der Waals surface area contributed by atoms with Crippen LogP contribution in [0.2, 0.25) is 0 Å². The van der Waals surface area contributed by atoms with Gasteiger partial charge < -0.3 is 15.7 Å². The third kappa shape index (κ3) is 5.73. The topological polar surface area (TPSA) is 95.5 Å². The van der Waals surface area contributed by atoms with Gasteiger partial charge in [0.2, 0.25) is 5.91 Å². The molecular weight excluding hydrogens is 431 g/mol. The molecule has 1 atom stereocenters. The summed E-state index contributed by atoms with van der Waals surface area (Å²) in [6.07, 6.45) is 0. The Balaban J connectivity index is 1.61. The zero-order valence-electron chi connectivity index (χ0n) is 17.4. The van der Waals surface area contributed by atoms with E-state index in [-0.39, 0.29) is 17.0 Å². The number of nitrogens with one attached hydrogen (secondary N) is 2. The van der Waals surface area contributed by atoms with Crippen LogP contribution in [0.3, 0.4) is 0 Å². The average Bonchev–Trinajstić information content (AvgIpc) is 2.76. The van der Waals surface area contributed by atoms with Gasteiger partial charge in [-0.05, 0) is 67.9 Å². The van der Waals surface area contributed by atoms with Crippen molar-refractivity contribution in [3.8, 4) is 0 Å². The maximum absolute atomic E-state index is 13.7. The predicted molar refractivity (Wildman–Crippen MR) is 123 cm³/mol. The summed E-state index contributed by atoms with van der Waals surface area (Å²) in [4.78, 5) is 36.7. The molecule has 2 amide bonds. The van der Waals surface area contributed by atoms with Crippen molar-refractivity contribution in [3.05, 3.63) is 89.2 Å². The Hall–Kier alpha value is -3.65. The highest BCUT2D eigenvalue weighted by atomic mass is 32.2. The first-order chi connectivity index (χ1) is 15.2. The molecule has 164 valence electrons. The van der Waals surface area contributed by atoms with Gasteiger partial charge in [0.25, 0.3) is 5.91 Å². The highest BCUT2D eigenvalue weighted by Gasteiger charge is 2.17. The smallest absolute Gasteiger partial charge is 0.335 e. The number of amides is 2. The van der Waals surface area contributed by atoms with E-state index in [2.05, 4.69) is 10.6 Å². The molecule has 3 rings (SSSR count). The van der Waals surface area contributed by atoms with Gasteiger partial charge in [-0.25, -0.2) is 9.18 Å². The van der Waals surface area contributed by atoms with E-state index in [4.69, 9.17) is 5.11 Å². The number of aryl methyl sites for hydroxylation is 1. The molecule has 6 nitrogen and oxygen atoms in total. The van der Waals surface area contributed by atoms with Gasteiger partial charge >= 0.3 is 5.97 Å². The summed E-state index contributed by atoms with van der Waals surface area (Å²) in [5.74, 6) is -2.47. The summed E-state index contributed by atoms with van der Waals surface area (Å²) in [6, 6.07) is 17.1. The maximum atomic E-state index is 13.7. The first kappa shape index (κ1) is 23.0. The van der Waals surface area contributed by atoms with Crippen molar-refractivity contribution >= 4 is 40.9 Å². The Morgan fingerprint density at radius 3 is 2.31 bits per heavy atom. The van der Waals surface area contributed by atoms with Gasteiger partial charge in [0.1, 0.15) is 5.82 Å². The number of hydrogen-bond donors (Lipinski definition) is 3. The number of aromatic carboxylic acids is 1. The minimum atomic E-state index is -1.06. The molecule has 3 N–H and O–H groups in total. The van der Waals surface area contributed by atoms with Crippen LogP contribution in [0.15, 0.2) is 71.6 Å². The molecule has 0 aromatic heterocycles. The van der Waals surface area contributed by atoms with Gasteiger partial charge in [-0.2, -0.15) is 0 Å². The van der Waals surface area contributed by atoms with E-state index in [0.717, 1.165) is 10.5 Å². The minimum Gasteiger partial charge on any atom is -0.478 e. The summed E-state index contributed by atoms with van der Waals surface area (Å²) >= 11 is 1.31. The Morgan fingerprint density at radius 2 is 1.66 bits per heavy atom. The summed E-state index contributed by atoms with van der Waals surface area (Å²) in [7, 11) is 0. The van der Waals surface area contributed by atoms with Crippen LogP contribution in [0.5, 0.6) is 0 Å². The maximum Gasteiger partial charge on any atom is 0.335 e. The van der Waals surface area contributed by atoms with E-state index in [1.165, 1.54) is 42.1 Å². The Morgan fingerprint density at radius 1 is 0.969 bits per heavy atom. The molecule has 32 heavy (non-hydrogen) atoms. The monoisotopic (exact) mass is 452 g/mol. The first-order valence-electron chi connectivity index (χ1n) is 9.72. The second-order valence-corrected chi connectivity index (χ2v) is 8.46. The summed E-state index contributed by atoms with van der Waals surface area (Å²) < 4.78 is 13.7. The molecule has 3 aromatic carbocycles. The lowest BCUT2D eigenvalue weighted by atomic mass is 10.1. The normalized spacial score (nSPS) is 11.5. The number of carboxylic acid groups (broad SMARTS) is 1. The van der Waals surface area contributed by atoms with Gasteiger partial charge in [-0.15, -0.1) is 11.8 Å². The van der Waals surface area contributed by atoms with Crippen LogP contribution in [0.25, 0.3) is 0 Å². The number of carboxylic acids is 1. The molecule has 0 radical (unpaired) electrons. The molecule has 0 saturated carbocycles. The number of rotatable bonds is 7. The number of carbonyl (C=O) groups is 3. The van der Waals surface area contributed by atoms with E-state index >= 15 is 0 Å². The SMILES string of the molecule is Cc1ccc(C(=O)O)cc1NC(=O)C(C)Sc1ccc(NC(=O)c2ccccc2F)cc1. The molecule has 1 unspecified atom stereocenters. The van der Waals surface area contributed by atoms with Crippen molar-refractivity contribution in [1.82, 2.24) is 0 Å². The number of hydrogen-bond acceptors (Lipinski definition) is 4. The quantitative estimate of drug-likeness (QED) is 0.428. The zero-order valence-corrected chi connectivity index (χ0v) is 18.2. The second-order valence-electron chi connectivity index (χ2n) is 7.04. The molecule has 0 bridgehead atoms. The second kappa shape index (κ2) is 10.1.